The van der Waals surface area contributed by atoms with Gasteiger partial charge in [0, 0.05) is 38.6 Å². The number of hydrogen-bond donors (Lipinski definition) is 0. The Hall–Kier alpha value is -1.82. The Bertz CT molecular complexity index is 615. The molecule has 21 heavy (non-hydrogen) atoms. The minimum absolute atomic E-state index is 0.0652. The molecule has 5 nitrogen and oxygen atoms in total. The molecule has 0 aliphatic rings. The number of hydrogen-bond acceptors (Lipinski definition) is 4. The summed E-state index contributed by atoms with van der Waals surface area (Å²) in [4.78, 5) is 26.7. The van der Waals surface area contributed by atoms with Gasteiger partial charge in [0.05, 0.1) is 4.47 Å². The molecule has 2 heterocycles. The number of aryl methyl sites for hydroxylation is 1. The summed E-state index contributed by atoms with van der Waals surface area (Å²) in [5.74, 6) is 0.652. The fourth-order valence-corrected chi connectivity index (χ4v) is 2.14. The van der Waals surface area contributed by atoms with E-state index >= 15 is 0 Å². The van der Waals surface area contributed by atoms with Crippen LogP contribution in [0.3, 0.4) is 0 Å². The van der Waals surface area contributed by atoms with E-state index in [1.165, 1.54) is 0 Å². The number of nitrogens with zero attached hydrogens (tertiary/aromatic N) is 4. The van der Waals surface area contributed by atoms with Crippen molar-refractivity contribution in [3.8, 4) is 0 Å². The van der Waals surface area contributed by atoms with Crippen molar-refractivity contribution in [3.63, 3.8) is 0 Å². The van der Waals surface area contributed by atoms with Gasteiger partial charge < -0.3 is 4.90 Å². The van der Waals surface area contributed by atoms with E-state index in [1.807, 2.05) is 19.1 Å². The number of carbonyl (C=O) groups is 1. The third-order valence-corrected chi connectivity index (χ3v) is 3.58. The van der Waals surface area contributed by atoms with Crippen LogP contribution in [0, 0.1) is 0 Å². The van der Waals surface area contributed by atoms with Crippen LogP contribution in [0.1, 0.15) is 28.8 Å². The molecule has 2 aromatic rings. The van der Waals surface area contributed by atoms with Crippen LogP contribution in [0.5, 0.6) is 0 Å². The lowest BCUT2D eigenvalue weighted by Crippen LogP contribution is -2.30. The zero-order valence-corrected chi connectivity index (χ0v) is 13.7. The lowest BCUT2D eigenvalue weighted by atomic mass is 10.1. The molecule has 1 amide bonds. The van der Waals surface area contributed by atoms with Gasteiger partial charge in [0.2, 0.25) is 0 Å². The Kier molecular flexibility index (Phi) is 5.38. The monoisotopic (exact) mass is 348 g/mol. The van der Waals surface area contributed by atoms with Crippen molar-refractivity contribution in [3.05, 3.63) is 52.3 Å². The number of likely N-dealkylation sites (N-methyl/N-ethyl adjacent to an activating group) is 1. The van der Waals surface area contributed by atoms with Crippen LogP contribution >= 0.6 is 15.9 Å². The fourth-order valence-electron chi connectivity index (χ4n) is 1.93. The SMILES string of the molecule is CCc1cccnc1C(=O)N(C)CCc1ncc(Br)cn1. The van der Waals surface area contributed by atoms with Crippen LogP contribution in [0.2, 0.25) is 0 Å². The van der Waals surface area contributed by atoms with E-state index in [2.05, 4.69) is 30.9 Å². The summed E-state index contributed by atoms with van der Waals surface area (Å²) < 4.78 is 0.844. The molecular weight excluding hydrogens is 332 g/mol. The lowest BCUT2D eigenvalue weighted by Gasteiger charge is -2.17. The quantitative estimate of drug-likeness (QED) is 0.832. The number of halogens is 1. The molecule has 0 bridgehead atoms. The van der Waals surface area contributed by atoms with Crippen LogP contribution in [-0.2, 0) is 12.8 Å². The average molecular weight is 349 g/mol. The van der Waals surface area contributed by atoms with Crippen LogP contribution in [0.4, 0.5) is 0 Å². The van der Waals surface area contributed by atoms with Gasteiger partial charge in [-0.25, -0.2) is 9.97 Å². The highest BCUT2D eigenvalue weighted by Crippen LogP contribution is 2.09. The number of pyridine rings is 1. The Morgan fingerprint density at radius 1 is 1.29 bits per heavy atom. The second kappa shape index (κ2) is 7.26. The minimum Gasteiger partial charge on any atom is -0.340 e. The topological polar surface area (TPSA) is 59.0 Å². The van der Waals surface area contributed by atoms with Gasteiger partial charge in [0.1, 0.15) is 11.5 Å². The Morgan fingerprint density at radius 3 is 2.67 bits per heavy atom. The van der Waals surface area contributed by atoms with Crippen molar-refractivity contribution < 1.29 is 4.79 Å². The first-order valence-electron chi connectivity index (χ1n) is 6.77. The van der Waals surface area contributed by atoms with Crippen molar-refractivity contribution in [1.82, 2.24) is 19.9 Å². The van der Waals surface area contributed by atoms with Gasteiger partial charge in [-0.15, -0.1) is 0 Å². The third kappa shape index (κ3) is 4.07. The predicted octanol–water partition coefficient (Wildman–Crippen LogP) is 2.51. The largest absolute Gasteiger partial charge is 0.340 e. The summed E-state index contributed by atoms with van der Waals surface area (Å²) in [5.41, 5.74) is 1.49. The molecule has 0 N–H and O–H groups in total. The van der Waals surface area contributed by atoms with E-state index in [-0.39, 0.29) is 5.91 Å². The van der Waals surface area contributed by atoms with Gasteiger partial charge in [-0.2, -0.15) is 0 Å². The highest BCUT2D eigenvalue weighted by molar-refractivity contribution is 9.10. The summed E-state index contributed by atoms with van der Waals surface area (Å²) in [6, 6.07) is 3.79. The maximum absolute atomic E-state index is 12.4. The first-order chi connectivity index (χ1) is 10.1. The second-order valence-corrected chi connectivity index (χ2v) is 5.57. The molecule has 0 unspecified atom stereocenters. The maximum atomic E-state index is 12.4. The van der Waals surface area contributed by atoms with E-state index in [1.54, 1.807) is 30.5 Å². The Morgan fingerprint density at radius 2 is 2.00 bits per heavy atom. The molecule has 0 atom stereocenters. The third-order valence-electron chi connectivity index (χ3n) is 3.17. The van der Waals surface area contributed by atoms with Gasteiger partial charge in [-0.1, -0.05) is 13.0 Å². The predicted molar refractivity (Wildman–Crippen MR) is 84.0 cm³/mol. The van der Waals surface area contributed by atoms with E-state index < -0.39 is 0 Å². The van der Waals surface area contributed by atoms with Gasteiger partial charge in [-0.05, 0) is 34.0 Å². The first kappa shape index (κ1) is 15.6. The number of amides is 1. The summed E-state index contributed by atoms with van der Waals surface area (Å²) in [6.45, 7) is 2.57. The normalized spacial score (nSPS) is 10.4. The van der Waals surface area contributed by atoms with Crippen LogP contribution in [0.25, 0.3) is 0 Å². The van der Waals surface area contributed by atoms with Crippen molar-refractivity contribution in [2.75, 3.05) is 13.6 Å². The molecule has 0 saturated carbocycles. The molecule has 0 saturated heterocycles. The van der Waals surface area contributed by atoms with Crippen LogP contribution in [-0.4, -0.2) is 39.4 Å². The zero-order valence-electron chi connectivity index (χ0n) is 12.1. The van der Waals surface area contributed by atoms with Crippen LogP contribution in [0.15, 0.2) is 35.2 Å². The molecule has 2 aromatic heterocycles. The number of rotatable bonds is 5. The standard InChI is InChI=1S/C15H17BrN4O/c1-3-11-5-4-7-17-14(11)15(21)20(2)8-6-13-18-9-12(16)10-19-13/h4-5,7,9-10H,3,6,8H2,1-2H3. The molecule has 0 aliphatic carbocycles. The minimum atomic E-state index is -0.0652. The van der Waals surface area contributed by atoms with Crippen molar-refractivity contribution in [1.29, 1.82) is 0 Å². The fraction of sp³-hybridized carbons (Fsp3) is 0.333. The molecule has 110 valence electrons. The van der Waals surface area contributed by atoms with Crippen molar-refractivity contribution in [2.24, 2.45) is 0 Å². The highest BCUT2D eigenvalue weighted by atomic mass is 79.9. The van der Waals surface area contributed by atoms with E-state index in [4.69, 9.17) is 0 Å². The van der Waals surface area contributed by atoms with E-state index in [0.717, 1.165) is 22.3 Å². The lowest BCUT2D eigenvalue weighted by molar-refractivity contribution is 0.0789. The summed E-state index contributed by atoms with van der Waals surface area (Å²) in [7, 11) is 1.77. The number of aromatic nitrogens is 3. The molecule has 6 heteroatoms. The van der Waals surface area contributed by atoms with Gasteiger partial charge in [0.15, 0.2) is 0 Å². The Balaban J connectivity index is 2.01. The Labute approximate surface area is 132 Å². The first-order valence-corrected chi connectivity index (χ1v) is 7.57. The van der Waals surface area contributed by atoms with E-state index in [9.17, 15) is 4.79 Å². The zero-order chi connectivity index (χ0) is 15.2. The molecule has 0 aromatic carbocycles. The second-order valence-electron chi connectivity index (χ2n) is 4.66. The molecule has 0 spiro atoms. The van der Waals surface area contributed by atoms with Crippen LogP contribution < -0.4 is 0 Å². The molecular formula is C15H17BrN4O. The molecule has 0 radical (unpaired) electrons. The van der Waals surface area contributed by atoms with Crippen molar-refractivity contribution >= 4 is 21.8 Å². The molecule has 0 aliphatic heterocycles. The summed E-state index contributed by atoms with van der Waals surface area (Å²) in [5, 5.41) is 0. The maximum Gasteiger partial charge on any atom is 0.272 e. The number of carbonyl (C=O) groups excluding carboxylic acids is 1. The van der Waals surface area contributed by atoms with E-state index in [0.29, 0.717) is 18.7 Å². The molecule has 0 fully saturated rings. The highest BCUT2D eigenvalue weighted by Gasteiger charge is 2.16. The van der Waals surface area contributed by atoms with Crippen molar-refractivity contribution in [2.45, 2.75) is 19.8 Å². The van der Waals surface area contributed by atoms with Gasteiger partial charge in [-0.3, -0.25) is 9.78 Å². The van der Waals surface area contributed by atoms with Gasteiger partial charge in [0.25, 0.3) is 5.91 Å². The van der Waals surface area contributed by atoms with Gasteiger partial charge >= 0.3 is 0 Å². The summed E-state index contributed by atoms with van der Waals surface area (Å²) >= 11 is 3.30. The summed E-state index contributed by atoms with van der Waals surface area (Å²) in [6.07, 6.45) is 6.47. The molecule has 2 rings (SSSR count). The average Bonchev–Trinajstić information content (AvgIpc) is 2.53. The smallest absolute Gasteiger partial charge is 0.272 e.